The van der Waals surface area contributed by atoms with Crippen LogP contribution in [0.15, 0.2) is 33.8 Å². The number of hydrogen-bond acceptors (Lipinski definition) is 4. The summed E-state index contributed by atoms with van der Waals surface area (Å²) in [6.45, 7) is 8.29. The van der Waals surface area contributed by atoms with E-state index in [0.29, 0.717) is 6.54 Å². The standard InChI is InChI=1S/C19H28N4O2.HI/c1-6-20-19(21-12-11-18-14(2)22-25-15(18)3)23(4)13-16-7-9-17(24-5)10-8-16;/h7-10H,6,11-13H2,1-5H3,(H,20,21);1H. The Morgan fingerprint density at radius 3 is 2.50 bits per heavy atom. The average Bonchev–Trinajstić information content (AvgIpc) is 2.93. The lowest BCUT2D eigenvalue weighted by Gasteiger charge is -2.22. The minimum absolute atomic E-state index is 0. The molecule has 1 N–H and O–H groups in total. The van der Waals surface area contributed by atoms with Gasteiger partial charge in [-0.05, 0) is 44.9 Å². The van der Waals surface area contributed by atoms with Crippen LogP contribution in [0, 0.1) is 13.8 Å². The smallest absolute Gasteiger partial charge is 0.193 e. The van der Waals surface area contributed by atoms with Gasteiger partial charge in [0.25, 0.3) is 0 Å². The predicted molar refractivity (Wildman–Crippen MR) is 116 cm³/mol. The lowest BCUT2D eigenvalue weighted by Crippen LogP contribution is -2.38. The minimum Gasteiger partial charge on any atom is -0.497 e. The number of rotatable bonds is 7. The van der Waals surface area contributed by atoms with Gasteiger partial charge in [-0.15, -0.1) is 24.0 Å². The Bertz CT molecular complexity index is 679. The lowest BCUT2D eigenvalue weighted by atomic mass is 10.1. The fourth-order valence-corrected chi connectivity index (χ4v) is 2.68. The third-order valence-electron chi connectivity index (χ3n) is 4.08. The largest absolute Gasteiger partial charge is 0.497 e. The van der Waals surface area contributed by atoms with Gasteiger partial charge in [0, 0.05) is 32.2 Å². The fourth-order valence-electron chi connectivity index (χ4n) is 2.68. The highest BCUT2D eigenvalue weighted by atomic mass is 127. The molecule has 0 spiro atoms. The third-order valence-corrected chi connectivity index (χ3v) is 4.08. The molecule has 0 saturated heterocycles. The molecule has 6 nitrogen and oxygen atoms in total. The number of guanidine groups is 1. The number of ether oxygens (including phenoxy) is 1. The van der Waals surface area contributed by atoms with Crippen LogP contribution >= 0.6 is 24.0 Å². The zero-order valence-electron chi connectivity index (χ0n) is 16.2. The molecule has 0 aliphatic heterocycles. The summed E-state index contributed by atoms with van der Waals surface area (Å²) in [6.07, 6.45) is 0.826. The van der Waals surface area contributed by atoms with Crippen LogP contribution in [0.3, 0.4) is 0 Å². The number of nitrogens with one attached hydrogen (secondary N) is 1. The van der Waals surface area contributed by atoms with E-state index in [4.69, 9.17) is 14.3 Å². The van der Waals surface area contributed by atoms with E-state index in [2.05, 4.69) is 34.4 Å². The summed E-state index contributed by atoms with van der Waals surface area (Å²) in [4.78, 5) is 6.86. The van der Waals surface area contributed by atoms with Crippen molar-refractivity contribution in [1.29, 1.82) is 0 Å². The van der Waals surface area contributed by atoms with E-state index in [1.165, 1.54) is 5.56 Å². The fraction of sp³-hybridized carbons (Fsp3) is 0.474. The lowest BCUT2D eigenvalue weighted by molar-refractivity contribution is 0.392. The molecule has 0 radical (unpaired) electrons. The zero-order valence-corrected chi connectivity index (χ0v) is 18.5. The van der Waals surface area contributed by atoms with Crippen LogP contribution in [0.25, 0.3) is 0 Å². The van der Waals surface area contributed by atoms with Crippen LogP contribution in [-0.4, -0.2) is 43.3 Å². The van der Waals surface area contributed by atoms with E-state index in [-0.39, 0.29) is 24.0 Å². The molecule has 0 aliphatic carbocycles. The molecule has 0 atom stereocenters. The van der Waals surface area contributed by atoms with Gasteiger partial charge in [0.2, 0.25) is 0 Å². The maximum Gasteiger partial charge on any atom is 0.193 e. The van der Waals surface area contributed by atoms with Crippen LogP contribution in [0.2, 0.25) is 0 Å². The summed E-state index contributed by atoms with van der Waals surface area (Å²) >= 11 is 0. The van der Waals surface area contributed by atoms with Gasteiger partial charge in [-0.3, -0.25) is 4.99 Å². The highest BCUT2D eigenvalue weighted by molar-refractivity contribution is 14.0. The normalized spacial score (nSPS) is 11.0. The molecule has 0 saturated carbocycles. The van der Waals surface area contributed by atoms with Crippen molar-refractivity contribution >= 4 is 29.9 Å². The number of halogens is 1. The molecule has 7 heteroatoms. The molecule has 1 aromatic carbocycles. The van der Waals surface area contributed by atoms with Crippen molar-refractivity contribution in [2.75, 3.05) is 27.2 Å². The van der Waals surface area contributed by atoms with Crippen molar-refractivity contribution in [2.24, 2.45) is 4.99 Å². The van der Waals surface area contributed by atoms with Crippen molar-refractivity contribution in [3.8, 4) is 5.75 Å². The van der Waals surface area contributed by atoms with Crippen LogP contribution in [0.5, 0.6) is 5.75 Å². The van der Waals surface area contributed by atoms with Gasteiger partial charge in [0.05, 0.1) is 12.8 Å². The number of aryl methyl sites for hydroxylation is 2. The van der Waals surface area contributed by atoms with Crippen LogP contribution in [-0.2, 0) is 13.0 Å². The number of nitrogens with zero attached hydrogens (tertiary/aromatic N) is 3. The van der Waals surface area contributed by atoms with Crippen molar-refractivity contribution in [3.63, 3.8) is 0 Å². The number of methoxy groups -OCH3 is 1. The molecular weight excluding hydrogens is 443 g/mol. The Kier molecular flexibility index (Phi) is 9.47. The zero-order chi connectivity index (χ0) is 18.2. The highest BCUT2D eigenvalue weighted by Gasteiger charge is 2.10. The maximum atomic E-state index is 5.21. The molecule has 0 amide bonds. The third kappa shape index (κ3) is 6.19. The van der Waals surface area contributed by atoms with Crippen LogP contribution in [0.4, 0.5) is 0 Å². The van der Waals surface area contributed by atoms with Gasteiger partial charge in [0.15, 0.2) is 5.96 Å². The first-order chi connectivity index (χ1) is 12.0. The molecule has 1 aromatic heterocycles. The maximum absolute atomic E-state index is 5.21. The summed E-state index contributed by atoms with van der Waals surface area (Å²) < 4.78 is 10.4. The predicted octanol–water partition coefficient (Wildman–Crippen LogP) is 3.56. The molecule has 0 fully saturated rings. The summed E-state index contributed by atoms with van der Waals surface area (Å²) in [5.41, 5.74) is 3.31. The Labute approximate surface area is 173 Å². The highest BCUT2D eigenvalue weighted by Crippen LogP contribution is 2.14. The van der Waals surface area contributed by atoms with Gasteiger partial charge in [-0.2, -0.15) is 0 Å². The van der Waals surface area contributed by atoms with Crippen molar-refractivity contribution in [3.05, 3.63) is 46.8 Å². The van der Waals surface area contributed by atoms with E-state index in [1.54, 1.807) is 7.11 Å². The number of hydrogen-bond donors (Lipinski definition) is 1. The Hall–Kier alpha value is -1.77. The van der Waals surface area contributed by atoms with Crippen molar-refractivity contribution in [1.82, 2.24) is 15.4 Å². The first-order valence-corrected chi connectivity index (χ1v) is 8.59. The Balaban J connectivity index is 0.00000338. The van der Waals surface area contributed by atoms with Gasteiger partial charge in [-0.25, -0.2) is 0 Å². The van der Waals surface area contributed by atoms with Crippen molar-refractivity contribution < 1.29 is 9.26 Å². The molecular formula is C19H29IN4O2. The summed E-state index contributed by atoms with van der Waals surface area (Å²) in [5, 5.41) is 7.34. The molecule has 144 valence electrons. The number of benzene rings is 1. The first-order valence-electron chi connectivity index (χ1n) is 8.59. The quantitative estimate of drug-likeness (QED) is 0.380. The van der Waals surface area contributed by atoms with E-state index in [0.717, 1.165) is 48.2 Å². The molecule has 2 aromatic rings. The monoisotopic (exact) mass is 472 g/mol. The van der Waals surface area contributed by atoms with Crippen molar-refractivity contribution in [2.45, 2.75) is 33.7 Å². The molecule has 0 unspecified atom stereocenters. The summed E-state index contributed by atoms with van der Waals surface area (Å²) in [5.74, 6) is 2.64. The number of aromatic nitrogens is 1. The van der Waals surface area contributed by atoms with E-state index in [9.17, 15) is 0 Å². The van der Waals surface area contributed by atoms with Gasteiger partial charge >= 0.3 is 0 Å². The van der Waals surface area contributed by atoms with E-state index >= 15 is 0 Å². The molecule has 1 heterocycles. The van der Waals surface area contributed by atoms with Crippen LogP contribution < -0.4 is 10.1 Å². The van der Waals surface area contributed by atoms with Gasteiger partial charge < -0.3 is 19.5 Å². The van der Waals surface area contributed by atoms with Gasteiger partial charge in [-0.1, -0.05) is 17.3 Å². The average molecular weight is 472 g/mol. The second-order valence-corrected chi connectivity index (χ2v) is 5.99. The Morgan fingerprint density at radius 2 is 1.96 bits per heavy atom. The second kappa shape index (κ2) is 11.1. The SMILES string of the molecule is CCNC(=NCCc1c(C)noc1C)N(C)Cc1ccc(OC)cc1.I. The first kappa shape index (κ1) is 22.3. The summed E-state index contributed by atoms with van der Waals surface area (Å²) in [6, 6.07) is 8.10. The Morgan fingerprint density at radius 1 is 1.27 bits per heavy atom. The topological polar surface area (TPSA) is 62.9 Å². The van der Waals surface area contributed by atoms with Crippen LogP contribution in [0.1, 0.15) is 29.5 Å². The molecule has 0 aliphatic rings. The molecule has 0 bridgehead atoms. The number of aliphatic imine (C=N–C) groups is 1. The second-order valence-electron chi connectivity index (χ2n) is 5.99. The van der Waals surface area contributed by atoms with E-state index < -0.39 is 0 Å². The molecule has 26 heavy (non-hydrogen) atoms. The summed E-state index contributed by atoms with van der Waals surface area (Å²) in [7, 11) is 3.72. The van der Waals surface area contributed by atoms with E-state index in [1.807, 2.05) is 33.0 Å². The molecule has 2 rings (SSSR count). The van der Waals surface area contributed by atoms with Gasteiger partial charge in [0.1, 0.15) is 11.5 Å². The minimum atomic E-state index is 0.